The van der Waals surface area contributed by atoms with E-state index in [2.05, 4.69) is 15.7 Å². The van der Waals surface area contributed by atoms with Crippen LogP contribution in [0.3, 0.4) is 0 Å². The maximum atomic E-state index is 12.0. The molecule has 1 unspecified atom stereocenters. The zero-order valence-electron chi connectivity index (χ0n) is 14.1. The number of nitrogens with zero attached hydrogens (tertiary/aromatic N) is 3. The third-order valence-electron chi connectivity index (χ3n) is 3.85. The smallest absolute Gasteiger partial charge is 0.428 e. The lowest BCUT2D eigenvalue weighted by Crippen LogP contribution is -2.33. The van der Waals surface area contributed by atoms with Crippen molar-refractivity contribution in [1.29, 1.82) is 0 Å². The fourth-order valence-electron chi connectivity index (χ4n) is 2.86. The molecule has 0 fully saturated rings. The standard InChI is InChI=1S/C17H22N4O3/c1-16(2,3)24-15(22)19-21-14-12(8-7-9-13(14)18-20-21)17(23)10-5-4-6-11-17/h5,7-10,23H,4,6,11H2,1-3H3,(H,19,22). The van der Waals surface area contributed by atoms with Gasteiger partial charge in [-0.2, -0.15) is 0 Å². The number of aliphatic hydroxyl groups is 1. The van der Waals surface area contributed by atoms with Crippen LogP contribution in [0.4, 0.5) is 4.79 Å². The second-order valence-electron chi connectivity index (χ2n) is 7.01. The van der Waals surface area contributed by atoms with E-state index >= 15 is 0 Å². The largest absolute Gasteiger partial charge is 0.443 e. The normalized spacial score (nSPS) is 21.0. The van der Waals surface area contributed by atoms with Gasteiger partial charge in [0, 0.05) is 5.56 Å². The summed E-state index contributed by atoms with van der Waals surface area (Å²) >= 11 is 0. The topological polar surface area (TPSA) is 89.3 Å². The van der Waals surface area contributed by atoms with Crippen LogP contribution in [0, 0.1) is 0 Å². The van der Waals surface area contributed by atoms with Crippen LogP contribution >= 0.6 is 0 Å². The highest BCUT2D eigenvalue weighted by atomic mass is 16.6. The summed E-state index contributed by atoms with van der Waals surface area (Å²) in [5.74, 6) is 0. The number of carbonyl (C=O) groups excluding carboxylic acids is 1. The molecule has 1 heterocycles. The molecule has 0 bridgehead atoms. The molecule has 0 saturated heterocycles. The number of aromatic nitrogens is 3. The Labute approximate surface area is 140 Å². The van der Waals surface area contributed by atoms with Gasteiger partial charge in [-0.25, -0.2) is 10.2 Å². The molecule has 2 aromatic rings. The van der Waals surface area contributed by atoms with Crippen molar-refractivity contribution in [2.45, 2.75) is 51.2 Å². The second kappa shape index (κ2) is 5.90. The zero-order valence-corrected chi connectivity index (χ0v) is 14.1. The summed E-state index contributed by atoms with van der Waals surface area (Å²) in [7, 11) is 0. The number of carbonyl (C=O) groups is 1. The van der Waals surface area contributed by atoms with Crippen molar-refractivity contribution in [3.05, 3.63) is 35.9 Å². The molecule has 0 spiro atoms. The monoisotopic (exact) mass is 330 g/mol. The van der Waals surface area contributed by atoms with E-state index < -0.39 is 17.3 Å². The highest BCUT2D eigenvalue weighted by molar-refractivity contribution is 5.83. The van der Waals surface area contributed by atoms with Crippen LogP contribution < -0.4 is 5.43 Å². The molecule has 0 aliphatic heterocycles. The molecule has 128 valence electrons. The highest BCUT2D eigenvalue weighted by Crippen LogP contribution is 2.35. The third-order valence-corrected chi connectivity index (χ3v) is 3.85. The molecule has 3 rings (SSSR count). The van der Waals surface area contributed by atoms with Gasteiger partial charge in [-0.3, -0.25) is 0 Å². The van der Waals surface area contributed by atoms with Gasteiger partial charge in [0.15, 0.2) is 0 Å². The Kier molecular flexibility index (Phi) is 4.04. The first-order valence-corrected chi connectivity index (χ1v) is 8.03. The first-order valence-electron chi connectivity index (χ1n) is 8.03. The van der Waals surface area contributed by atoms with Gasteiger partial charge in [0.05, 0.1) is 0 Å². The number of allylic oxidation sites excluding steroid dienone is 1. The van der Waals surface area contributed by atoms with Crippen molar-refractivity contribution in [2.24, 2.45) is 0 Å². The molecule has 7 heteroatoms. The molecule has 1 aromatic heterocycles. The minimum absolute atomic E-state index is 0.567. The van der Waals surface area contributed by atoms with E-state index in [-0.39, 0.29) is 0 Å². The van der Waals surface area contributed by atoms with Crippen molar-refractivity contribution < 1.29 is 14.6 Å². The van der Waals surface area contributed by atoms with E-state index in [4.69, 9.17) is 4.74 Å². The van der Waals surface area contributed by atoms with Crippen LogP contribution in [-0.4, -0.2) is 31.9 Å². The number of fused-ring (bicyclic) bond motifs is 1. The Bertz CT molecular complexity index is 791. The van der Waals surface area contributed by atoms with Crippen molar-refractivity contribution in [2.75, 3.05) is 5.43 Å². The van der Waals surface area contributed by atoms with Crippen molar-refractivity contribution >= 4 is 17.1 Å². The van der Waals surface area contributed by atoms with Gasteiger partial charge in [-0.05, 0) is 51.3 Å². The lowest BCUT2D eigenvalue weighted by atomic mass is 9.84. The summed E-state index contributed by atoms with van der Waals surface area (Å²) in [5, 5.41) is 19.0. The van der Waals surface area contributed by atoms with Gasteiger partial charge in [0.1, 0.15) is 22.2 Å². The minimum Gasteiger partial charge on any atom is -0.443 e. The average molecular weight is 330 g/mol. The molecule has 1 aliphatic carbocycles. The van der Waals surface area contributed by atoms with E-state index in [0.29, 0.717) is 23.0 Å². The number of rotatable bonds is 2. The van der Waals surface area contributed by atoms with Crippen molar-refractivity contribution in [1.82, 2.24) is 15.1 Å². The van der Waals surface area contributed by atoms with Gasteiger partial charge in [0.25, 0.3) is 0 Å². The Morgan fingerprint density at radius 3 is 2.88 bits per heavy atom. The van der Waals surface area contributed by atoms with Gasteiger partial charge >= 0.3 is 6.09 Å². The van der Waals surface area contributed by atoms with Crippen molar-refractivity contribution in [3.8, 4) is 0 Å². The maximum absolute atomic E-state index is 12.0. The molecule has 1 amide bonds. The lowest BCUT2D eigenvalue weighted by Gasteiger charge is -2.28. The quantitative estimate of drug-likeness (QED) is 0.827. The molecule has 0 radical (unpaired) electrons. The lowest BCUT2D eigenvalue weighted by molar-refractivity contribution is 0.0606. The first-order chi connectivity index (χ1) is 11.3. The Balaban J connectivity index is 2.00. The van der Waals surface area contributed by atoms with Gasteiger partial charge in [0.2, 0.25) is 0 Å². The van der Waals surface area contributed by atoms with Crippen LogP contribution in [-0.2, 0) is 10.3 Å². The zero-order chi connectivity index (χ0) is 17.4. The fraction of sp³-hybridized carbons (Fsp3) is 0.471. The van der Waals surface area contributed by atoms with Crippen LogP contribution in [0.25, 0.3) is 11.0 Å². The fourth-order valence-corrected chi connectivity index (χ4v) is 2.86. The molecular formula is C17H22N4O3. The van der Waals surface area contributed by atoms with Gasteiger partial charge in [-0.1, -0.05) is 24.3 Å². The van der Waals surface area contributed by atoms with E-state index in [1.807, 2.05) is 18.2 Å². The van der Waals surface area contributed by atoms with E-state index in [9.17, 15) is 9.90 Å². The minimum atomic E-state index is -1.09. The Morgan fingerprint density at radius 1 is 1.42 bits per heavy atom. The summed E-state index contributed by atoms with van der Waals surface area (Å²) in [5.41, 5.74) is 2.68. The number of hydrogen-bond donors (Lipinski definition) is 2. The molecular weight excluding hydrogens is 308 g/mol. The predicted octanol–water partition coefficient (Wildman–Crippen LogP) is 2.84. The van der Waals surface area contributed by atoms with Crippen LogP contribution in [0.2, 0.25) is 0 Å². The summed E-state index contributed by atoms with van der Waals surface area (Å²) in [6.45, 7) is 5.35. The Morgan fingerprint density at radius 2 is 2.21 bits per heavy atom. The molecule has 1 atom stereocenters. The summed E-state index contributed by atoms with van der Waals surface area (Å²) in [6, 6.07) is 5.44. The number of para-hydroxylation sites is 1. The van der Waals surface area contributed by atoms with Gasteiger partial charge < -0.3 is 9.84 Å². The summed E-state index contributed by atoms with van der Waals surface area (Å²) in [4.78, 5) is 13.3. The number of ether oxygens (including phenoxy) is 1. The van der Waals surface area contributed by atoms with E-state index in [1.165, 1.54) is 4.79 Å². The molecule has 1 aromatic carbocycles. The number of hydrogen-bond acceptors (Lipinski definition) is 5. The third kappa shape index (κ3) is 3.26. The summed E-state index contributed by atoms with van der Waals surface area (Å²) < 4.78 is 5.26. The predicted molar refractivity (Wildman–Crippen MR) is 90.0 cm³/mol. The number of amides is 1. The first kappa shape index (κ1) is 16.4. The number of benzene rings is 1. The molecule has 7 nitrogen and oxygen atoms in total. The van der Waals surface area contributed by atoms with Crippen LogP contribution in [0.15, 0.2) is 30.4 Å². The SMILES string of the molecule is CC(C)(C)OC(=O)Nn1nnc2cccc(C3(O)C=CCCC3)c21. The van der Waals surface area contributed by atoms with Crippen LogP contribution in [0.5, 0.6) is 0 Å². The second-order valence-corrected chi connectivity index (χ2v) is 7.01. The van der Waals surface area contributed by atoms with E-state index in [0.717, 1.165) is 12.8 Å². The molecule has 0 saturated carbocycles. The van der Waals surface area contributed by atoms with Gasteiger partial charge in [-0.15, -0.1) is 9.89 Å². The molecule has 24 heavy (non-hydrogen) atoms. The molecule has 2 N–H and O–H groups in total. The maximum Gasteiger partial charge on any atom is 0.428 e. The van der Waals surface area contributed by atoms with Crippen LogP contribution in [0.1, 0.15) is 45.6 Å². The average Bonchev–Trinajstić information content (AvgIpc) is 2.89. The summed E-state index contributed by atoms with van der Waals surface area (Å²) in [6.07, 6.45) is 5.60. The molecule has 1 aliphatic rings. The van der Waals surface area contributed by atoms with E-state index in [1.54, 1.807) is 32.9 Å². The highest BCUT2D eigenvalue weighted by Gasteiger charge is 2.31. The number of nitrogens with one attached hydrogen (secondary N) is 1. The van der Waals surface area contributed by atoms with Crippen molar-refractivity contribution in [3.63, 3.8) is 0 Å². The Hall–Kier alpha value is -2.41.